The molecule has 1 saturated heterocycles. The van der Waals surface area contributed by atoms with Gasteiger partial charge in [-0.2, -0.15) is 5.10 Å². The molecule has 2 atom stereocenters. The molecule has 10 heteroatoms. The molecule has 0 spiro atoms. The van der Waals surface area contributed by atoms with Gasteiger partial charge in [-0.15, -0.1) is 0 Å². The Balaban J connectivity index is 2.16. The molecule has 0 saturated carbocycles. The molecule has 0 radical (unpaired) electrons. The highest BCUT2D eigenvalue weighted by atomic mass is 32.2. The largest absolute Gasteiger partial charge is 0.373 e. The van der Waals surface area contributed by atoms with Crippen LogP contribution in [0.25, 0.3) is 0 Å². The number of rotatable bonds is 7. The van der Waals surface area contributed by atoms with E-state index in [2.05, 4.69) is 9.82 Å². The molecule has 142 valence electrons. The van der Waals surface area contributed by atoms with Crippen LogP contribution in [0.5, 0.6) is 0 Å². The molecule has 1 aliphatic rings. The SMILES string of the molecule is CN(C)C[C@@H]1OCCN(C(=O)CCNS(C)(=O)=O)[C@H]1c1cnn(C)c1. The summed E-state index contributed by atoms with van der Waals surface area (Å²) in [5.41, 5.74) is 0.915. The van der Waals surface area contributed by atoms with E-state index in [4.69, 9.17) is 4.74 Å². The predicted molar refractivity (Wildman–Crippen MR) is 93.4 cm³/mol. The normalized spacial score (nSPS) is 21.7. The van der Waals surface area contributed by atoms with Crippen LogP contribution in [0.1, 0.15) is 18.0 Å². The zero-order valence-electron chi connectivity index (χ0n) is 15.2. The second kappa shape index (κ2) is 8.26. The van der Waals surface area contributed by atoms with Crippen molar-refractivity contribution in [1.29, 1.82) is 0 Å². The lowest BCUT2D eigenvalue weighted by Crippen LogP contribution is -2.51. The molecule has 2 rings (SSSR count). The first-order chi connectivity index (χ1) is 11.7. The van der Waals surface area contributed by atoms with Gasteiger partial charge in [-0.3, -0.25) is 9.48 Å². The lowest BCUT2D eigenvalue weighted by atomic mass is 10.00. The average Bonchev–Trinajstić information content (AvgIpc) is 2.91. The second-order valence-corrected chi connectivity index (χ2v) is 8.40. The summed E-state index contributed by atoms with van der Waals surface area (Å²) >= 11 is 0. The van der Waals surface area contributed by atoms with E-state index < -0.39 is 10.0 Å². The van der Waals surface area contributed by atoms with Crippen LogP contribution in [-0.2, 0) is 26.6 Å². The Hall–Kier alpha value is -1.49. The van der Waals surface area contributed by atoms with Gasteiger partial charge >= 0.3 is 0 Å². The van der Waals surface area contributed by atoms with E-state index in [9.17, 15) is 13.2 Å². The molecular weight excluding hydrogens is 346 g/mol. The third-order valence-electron chi connectivity index (χ3n) is 3.99. The number of amides is 1. The minimum Gasteiger partial charge on any atom is -0.373 e. The maximum absolute atomic E-state index is 12.7. The molecule has 0 aliphatic carbocycles. The number of aryl methyl sites for hydroxylation is 1. The molecule has 2 heterocycles. The standard InChI is InChI=1S/C15H27N5O4S/c1-18(2)11-13-15(12-9-16-19(3)10-12)20(7-8-24-13)14(21)5-6-17-25(4,22)23/h9-10,13,15,17H,5-8,11H2,1-4H3/t13-,15-/m0/s1. The first kappa shape index (κ1) is 19.8. The number of carbonyl (C=O) groups excluding carboxylic acids is 1. The lowest BCUT2D eigenvalue weighted by molar-refractivity contribution is -0.147. The molecular formula is C15H27N5O4S. The van der Waals surface area contributed by atoms with Crippen molar-refractivity contribution in [3.05, 3.63) is 18.0 Å². The Morgan fingerprint density at radius 2 is 2.20 bits per heavy atom. The van der Waals surface area contributed by atoms with Gasteiger partial charge in [0.2, 0.25) is 15.9 Å². The van der Waals surface area contributed by atoms with Gasteiger partial charge in [-0.1, -0.05) is 0 Å². The predicted octanol–water partition coefficient (Wildman–Crippen LogP) is -0.810. The number of hydrogen-bond acceptors (Lipinski definition) is 6. The summed E-state index contributed by atoms with van der Waals surface area (Å²) in [6.07, 6.45) is 4.66. The molecule has 1 amide bonds. The maximum atomic E-state index is 12.7. The number of likely N-dealkylation sites (N-methyl/N-ethyl adjacent to an activating group) is 1. The summed E-state index contributed by atoms with van der Waals surface area (Å²) in [6.45, 7) is 1.69. The van der Waals surface area contributed by atoms with Gasteiger partial charge in [-0.05, 0) is 14.1 Å². The fourth-order valence-corrected chi connectivity index (χ4v) is 3.47. The third kappa shape index (κ3) is 5.77. The van der Waals surface area contributed by atoms with Gasteiger partial charge in [-0.25, -0.2) is 13.1 Å². The van der Waals surface area contributed by atoms with Gasteiger partial charge in [0.1, 0.15) is 0 Å². The van der Waals surface area contributed by atoms with Gasteiger partial charge in [0.05, 0.1) is 31.2 Å². The van der Waals surface area contributed by atoms with E-state index in [0.29, 0.717) is 19.7 Å². The number of aromatic nitrogens is 2. The highest BCUT2D eigenvalue weighted by molar-refractivity contribution is 7.88. The number of hydrogen-bond donors (Lipinski definition) is 1. The molecule has 0 bridgehead atoms. The van der Waals surface area contributed by atoms with Crippen LogP contribution in [0, 0.1) is 0 Å². The summed E-state index contributed by atoms with van der Waals surface area (Å²) in [7, 11) is 2.44. The van der Waals surface area contributed by atoms with E-state index in [1.807, 2.05) is 32.2 Å². The number of nitrogens with zero attached hydrogens (tertiary/aromatic N) is 4. The van der Waals surface area contributed by atoms with E-state index in [1.165, 1.54) is 0 Å². The molecule has 1 aromatic heterocycles. The van der Waals surface area contributed by atoms with Crippen molar-refractivity contribution in [1.82, 2.24) is 24.3 Å². The molecule has 9 nitrogen and oxygen atoms in total. The van der Waals surface area contributed by atoms with Crippen LogP contribution in [0.2, 0.25) is 0 Å². The summed E-state index contributed by atoms with van der Waals surface area (Å²) in [4.78, 5) is 16.5. The van der Waals surface area contributed by atoms with Crippen LogP contribution >= 0.6 is 0 Å². The minimum atomic E-state index is -3.30. The quantitative estimate of drug-likeness (QED) is 0.671. The Morgan fingerprint density at radius 3 is 2.76 bits per heavy atom. The zero-order chi connectivity index (χ0) is 18.6. The molecule has 1 fully saturated rings. The Bertz CT molecular complexity index is 688. The Labute approximate surface area is 149 Å². The van der Waals surface area contributed by atoms with Crippen LogP contribution < -0.4 is 4.72 Å². The summed E-state index contributed by atoms with van der Waals surface area (Å²) < 4.78 is 32.3. The number of ether oxygens (including phenoxy) is 1. The van der Waals surface area contributed by atoms with Crippen molar-refractivity contribution in [2.75, 3.05) is 46.6 Å². The van der Waals surface area contributed by atoms with Crippen molar-refractivity contribution in [2.24, 2.45) is 7.05 Å². The maximum Gasteiger partial charge on any atom is 0.224 e. The van der Waals surface area contributed by atoms with Crippen molar-refractivity contribution >= 4 is 15.9 Å². The molecule has 0 aromatic carbocycles. The van der Waals surface area contributed by atoms with Crippen LogP contribution in [0.15, 0.2) is 12.4 Å². The van der Waals surface area contributed by atoms with Crippen LogP contribution in [-0.4, -0.2) is 86.6 Å². The molecule has 1 aliphatic heterocycles. The van der Waals surface area contributed by atoms with E-state index in [1.54, 1.807) is 15.8 Å². The smallest absolute Gasteiger partial charge is 0.224 e. The molecule has 1 aromatic rings. The average molecular weight is 373 g/mol. The zero-order valence-corrected chi connectivity index (χ0v) is 16.0. The van der Waals surface area contributed by atoms with Crippen molar-refractivity contribution in [2.45, 2.75) is 18.6 Å². The van der Waals surface area contributed by atoms with Crippen molar-refractivity contribution in [3.8, 4) is 0 Å². The highest BCUT2D eigenvalue weighted by Crippen LogP contribution is 2.30. The van der Waals surface area contributed by atoms with E-state index >= 15 is 0 Å². The number of morpholine rings is 1. The fourth-order valence-electron chi connectivity index (χ4n) is 3.00. The van der Waals surface area contributed by atoms with Crippen molar-refractivity contribution in [3.63, 3.8) is 0 Å². The Morgan fingerprint density at radius 1 is 1.48 bits per heavy atom. The summed E-state index contributed by atoms with van der Waals surface area (Å²) in [5.74, 6) is -0.0999. The lowest BCUT2D eigenvalue weighted by Gasteiger charge is -2.42. The first-order valence-electron chi connectivity index (χ1n) is 8.16. The molecule has 0 unspecified atom stereocenters. The highest BCUT2D eigenvalue weighted by Gasteiger charge is 2.37. The number of nitrogens with one attached hydrogen (secondary N) is 1. The summed E-state index contributed by atoms with van der Waals surface area (Å²) in [6, 6.07) is -0.240. The summed E-state index contributed by atoms with van der Waals surface area (Å²) in [5, 5.41) is 4.21. The fraction of sp³-hybridized carbons (Fsp3) is 0.733. The Kier molecular flexibility index (Phi) is 6.55. The van der Waals surface area contributed by atoms with Gasteiger partial charge in [0.15, 0.2) is 0 Å². The third-order valence-corrected chi connectivity index (χ3v) is 4.72. The van der Waals surface area contributed by atoms with E-state index in [0.717, 1.165) is 11.8 Å². The van der Waals surface area contributed by atoms with Crippen LogP contribution in [0.4, 0.5) is 0 Å². The first-order valence-corrected chi connectivity index (χ1v) is 10.1. The molecule has 25 heavy (non-hydrogen) atoms. The number of sulfonamides is 1. The van der Waals surface area contributed by atoms with Gasteiger partial charge < -0.3 is 14.5 Å². The number of carbonyl (C=O) groups is 1. The monoisotopic (exact) mass is 373 g/mol. The van der Waals surface area contributed by atoms with Gasteiger partial charge in [0.25, 0.3) is 0 Å². The van der Waals surface area contributed by atoms with Crippen molar-refractivity contribution < 1.29 is 17.9 Å². The molecule has 1 N–H and O–H groups in total. The van der Waals surface area contributed by atoms with Crippen LogP contribution in [0.3, 0.4) is 0 Å². The second-order valence-electron chi connectivity index (χ2n) is 6.57. The topological polar surface area (TPSA) is 96.8 Å². The minimum absolute atomic E-state index is 0.0904. The van der Waals surface area contributed by atoms with E-state index in [-0.39, 0.29) is 31.0 Å². The van der Waals surface area contributed by atoms with Gasteiger partial charge in [0, 0.05) is 44.9 Å².